The number of anilines is 4. The molecule has 0 saturated heterocycles. The molecule has 0 spiro atoms. The fourth-order valence-electron chi connectivity index (χ4n) is 9.54. The molecule has 280 valence electrons. The van der Waals surface area contributed by atoms with Crippen LogP contribution in [0.5, 0.6) is 0 Å². The van der Waals surface area contributed by atoms with E-state index in [4.69, 9.17) is 4.99 Å². The second-order valence-corrected chi connectivity index (χ2v) is 15.9. The third-order valence-electron chi connectivity index (χ3n) is 12.2. The van der Waals surface area contributed by atoms with Gasteiger partial charge in [0, 0.05) is 39.7 Å². The van der Waals surface area contributed by atoms with Gasteiger partial charge < -0.3 is 9.80 Å². The van der Waals surface area contributed by atoms with Gasteiger partial charge in [-0.2, -0.15) is 0 Å². The van der Waals surface area contributed by atoms with Crippen molar-refractivity contribution < 1.29 is 0 Å². The molecule has 0 radical (unpaired) electrons. The molecule has 0 saturated carbocycles. The van der Waals surface area contributed by atoms with E-state index < -0.39 is 0 Å². The molecule has 0 aromatic heterocycles. The highest BCUT2D eigenvalue weighted by molar-refractivity contribution is 6.17. The zero-order valence-electron chi connectivity index (χ0n) is 33.1. The van der Waals surface area contributed by atoms with Gasteiger partial charge in [-0.05, 0) is 100 Å². The third-order valence-corrected chi connectivity index (χ3v) is 12.2. The van der Waals surface area contributed by atoms with E-state index in [0.717, 1.165) is 58.6 Å². The summed E-state index contributed by atoms with van der Waals surface area (Å²) in [6, 6.07) is 61.9. The fourth-order valence-corrected chi connectivity index (χ4v) is 9.54. The van der Waals surface area contributed by atoms with Gasteiger partial charge in [0.25, 0.3) is 0 Å². The molecule has 3 nitrogen and oxygen atoms in total. The highest BCUT2D eigenvalue weighted by Crippen LogP contribution is 2.54. The van der Waals surface area contributed by atoms with Gasteiger partial charge >= 0.3 is 0 Å². The molecule has 0 aliphatic heterocycles. The van der Waals surface area contributed by atoms with Gasteiger partial charge in [-0.3, -0.25) is 4.99 Å². The first kappa shape index (κ1) is 35.4. The summed E-state index contributed by atoms with van der Waals surface area (Å²) in [6.45, 7) is 9.63. The Balaban J connectivity index is 1.15. The Labute approximate surface area is 341 Å². The highest BCUT2D eigenvalue weighted by atomic mass is 15.2. The molecule has 8 aromatic carbocycles. The van der Waals surface area contributed by atoms with Crippen LogP contribution in [0.3, 0.4) is 0 Å². The molecule has 3 heteroatoms. The van der Waals surface area contributed by atoms with E-state index in [9.17, 15) is 0 Å². The molecule has 0 amide bonds. The number of nitrogens with zero attached hydrogens (tertiary/aromatic N) is 3. The minimum atomic E-state index is -0.151. The zero-order valence-corrected chi connectivity index (χ0v) is 33.1. The Morgan fingerprint density at radius 3 is 1.93 bits per heavy atom. The van der Waals surface area contributed by atoms with Gasteiger partial charge in [0.15, 0.2) is 0 Å². The minimum Gasteiger partial charge on any atom is -0.336 e. The van der Waals surface area contributed by atoms with E-state index in [1.165, 1.54) is 55.4 Å². The van der Waals surface area contributed by atoms with Crippen LogP contribution in [0.15, 0.2) is 199 Å². The lowest BCUT2D eigenvalue weighted by atomic mass is 9.78. The van der Waals surface area contributed by atoms with E-state index in [1.807, 2.05) is 0 Å². The molecule has 0 bridgehead atoms. The molecule has 8 aromatic rings. The average Bonchev–Trinajstić information content (AvgIpc) is 3.52. The van der Waals surface area contributed by atoms with Crippen molar-refractivity contribution in [3.05, 3.63) is 210 Å². The fraction of sp³-hybridized carbons (Fsp3) is 0.109. The second-order valence-electron chi connectivity index (χ2n) is 15.9. The van der Waals surface area contributed by atoms with Gasteiger partial charge in [-0.1, -0.05) is 166 Å². The molecular weight excluding hydrogens is 703 g/mol. The summed E-state index contributed by atoms with van der Waals surface area (Å²) in [5, 5.41) is 4.58. The molecule has 0 heterocycles. The van der Waals surface area contributed by atoms with E-state index in [1.54, 1.807) is 0 Å². The van der Waals surface area contributed by atoms with Gasteiger partial charge in [-0.25, -0.2) is 0 Å². The van der Waals surface area contributed by atoms with Crippen LogP contribution in [0.4, 0.5) is 28.4 Å². The Morgan fingerprint density at radius 2 is 1.16 bits per heavy atom. The monoisotopic (exact) mass is 747 g/mol. The summed E-state index contributed by atoms with van der Waals surface area (Å²) >= 11 is 0. The Morgan fingerprint density at radius 1 is 0.534 bits per heavy atom. The summed E-state index contributed by atoms with van der Waals surface area (Å²) in [6.07, 6.45) is 8.94. The van der Waals surface area contributed by atoms with Crippen molar-refractivity contribution in [2.75, 3.05) is 9.80 Å². The SMILES string of the molecule is C=Nc1c(N(Cc2ccccc2)C2=CCCC=C2)ccc2c1ccc1c(N(c3ccccc3)c3ccccc3-c3cccc4c3C(C)(C)c3ccccc3-4)cccc12. The van der Waals surface area contributed by atoms with Crippen molar-refractivity contribution in [3.8, 4) is 22.3 Å². The normalized spacial score (nSPS) is 13.9. The molecule has 0 N–H and O–H groups in total. The first-order valence-electron chi connectivity index (χ1n) is 20.3. The number of para-hydroxylation sites is 2. The topological polar surface area (TPSA) is 18.8 Å². The first-order valence-corrected chi connectivity index (χ1v) is 20.3. The Bertz CT molecular complexity index is 2920. The van der Waals surface area contributed by atoms with Crippen molar-refractivity contribution in [3.63, 3.8) is 0 Å². The predicted octanol–water partition coefficient (Wildman–Crippen LogP) is 15.0. The van der Waals surface area contributed by atoms with Crippen molar-refractivity contribution in [1.29, 1.82) is 0 Å². The van der Waals surface area contributed by atoms with Crippen LogP contribution < -0.4 is 9.80 Å². The van der Waals surface area contributed by atoms with E-state index in [-0.39, 0.29) is 5.41 Å². The maximum Gasteiger partial charge on any atom is 0.0937 e. The van der Waals surface area contributed by atoms with Crippen LogP contribution in [0.25, 0.3) is 43.8 Å². The lowest BCUT2D eigenvalue weighted by Crippen LogP contribution is -2.22. The van der Waals surface area contributed by atoms with Crippen molar-refractivity contribution >= 4 is 56.7 Å². The second kappa shape index (κ2) is 14.5. The summed E-state index contributed by atoms with van der Waals surface area (Å²) in [7, 11) is 0. The molecule has 0 fully saturated rings. The van der Waals surface area contributed by atoms with Crippen LogP contribution in [-0.2, 0) is 12.0 Å². The molecular formula is C55H45N3. The summed E-state index contributed by atoms with van der Waals surface area (Å²) in [5.74, 6) is 0. The summed E-state index contributed by atoms with van der Waals surface area (Å²) in [4.78, 5) is 9.60. The molecule has 0 atom stereocenters. The number of allylic oxidation sites excluding steroid dienone is 3. The largest absolute Gasteiger partial charge is 0.336 e. The van der Waals surface area contributed by atoms with Crippen LogP contribution in [0.2, 0.25) is 0 Å². The lowest BCUT2D eigenvalue weighted by molar-refractivity contribution is 0.662. The van der Waals surface area contributed by atoms with Crippen LogP contribution >= 0.6 is 0 Å². The molecule has 58 heavy (non-hydrogen) atoms. The number of hydrogen-bond donors (Lipinski definition) is 0. The van der Waals surface area contributed by atoms with Crippen molar-refractivity contribution in [2.45, 2.75) is 38.6 Å². The van der Waals surface area contributed by atoms with E-state index >= 15 is 0 Å². The minimum absolute atomic E-state index is 0.151. The first-order chi connectivity index (χ1) is 28.5. The number of hydrogen-bond acceptors (Lipinski definition) is 3. The third kappa shape index (κ3) is 5.85. The molecule has 2 aliphatic rings. The highest BCUT2D eigenvalue weighted by Gasteiger charge is 2.38. The van der Waals surface area contributed by atoms with Gasteiger partial charge in [0.05, 0.1) is 22.7 Å². The smallest absolute Gasteiger partial charge is 0.0937 e. The Kier molecular flexibility index (Phi) is 8.87. The summed E-state index contributed by atoms with van der Waals surface area (Å²) < 4.78 is 0. The number of benzene rings is 8. The van der Waals surface area contributed by atoms with Gasteiger partial charge in [0.1, 0.15) is 0 Å². The van der Waals surface area contributed by atoms with Crippen LogP contribution in [-0.4, -0.2) is 6.72 Å². The van der Waals surface area contributed by atoms with Crippen molar-refractivity contribution in [2.24, 2.45) is 4.99 Å². The molecule has 2 aliphatic carbocycles. The maximum atomic E-state index is 4.76. The lowest BCUT2D eigenvalue weighted by Gasteiger charge is -2.31. The number of aliphatic imine (C=N–C) groups is 1. The van der Waals surface area contributed by atoms with Gasteiger partial charge in [-0.15, -0.1) is 0 Å². The molecule has 10 rings (SSSR count). The van der Waals surface area contributed by atoms with Crippen molar-refractivity contribution in [1.82, 2.24) is 0 Å². The number of fused-ring (bicyclic) bond motifs is 6. The number of rotatable bonds is 9. The average molecular weight is 748 g/mol. The van der Waals surface area contributed by atoms with Crippen LogP contribution in [0, 0.1) is 0 Å². The van der Waals surface area contributed by atoms with E-state index in [0.29, 0.717) is 0 Å². The maximum absolute atomic E-state index is 4.76. The zero-order chi connectivity index (χ0) is 39.2. The van der Waals surface area contributed by atoms with Crippen LogP contribution in [0.1, 0.15) is 43.4 Å². The predicted molar refractivity (Wildman–Crippen MR) is 247 cm³/mol. The molecule has 0 unspecified atom stereocenters. The van der Waals surface area contributed by atoms with E-state index in [2.05, 4.69) is 218 Å². The quantitative estimate of drug-likeness (QED) is 0.108. The van der Waals surface area contributed by atoms with Gasteiger partial charge in [0.2, 0.25) is 0 Å². The summed E-state index contributed by atoms with van der Waals surface area (Å²) in [5.41, 5.74) is 15.5. The Hall–Kier alpha value is -6.97. The standard InChI is InChI=1S/C55H45N3/c1-55(2)49-30-15-13-25-43(49)46-28-17-29-47(53(46)55)44-26-14-16-31-50(44)58(40-23-11-6-12-24-40)51-32-18-27-41-42-35-36-52(54(56-3)48(42)34-33-45(41)51)57(39-21-9-5-10-22-39)37-38-19-7-4-8-20-38/h4,6-9,11-36H,3,5,10,37H2,1-2H3.